The van der Waals surface area contributed by atoms with Gasteiger partial charge in [-0.25, -0.2) is 5.41 Å². The van der Waals surface area contributed by atoms with Crippen LogP contribution in [0.4, 0.5) is 5.69 Å². The minimum absolute atomic E-state index is 0.0542. The van der Waals surface area contributed by atoms with Gasteiger partial charge in [-0.15, -0.1) is 0 Å². The monoisotopic (exact) mass is 328 g/mol. The number of carbonyl (C=O) groups is 1. The second-order valence-electron chi connectivity index (χ2n) is 5.12. The van der Waals surface area contributed by atoms with Crippen LogP contribution < -0.4 is 15.9 Å². The summed E-state index contributed by atoms with van der Waals surface area (Å²) in [6, 6.07) is 12.2. The number of methoxy groups -OCH3 is 1. The number of hydrogen-bond donors (Lipinski definition) is 3. The van der Waals surface area contributed by atoms with E-state index in [9.17, 15) is 4.79 Å². The van der Waals surface area contributed by atoms with Crippen LogP contribution in [-0.4, -0.2) is 23.0 Å². The van der Waals surface area contributed by atoms with Crippen molar-refractivity contribution in [1.82, 2.24) is 4.98 Å². The van der Waals surface area contributed by atoms with Gasteiger partial charge < -0.3 is 15.5 Å². The molecule has 0 saturated heterocycles. The van der Waals surface area contributed by atoms with Gasteiger partial charge in [0, 0.05) is 22.2 Å². The first-order valence-electron chi connectivity index (χ1n) is 6.89. The lowest BCUT2D eigenvalue weighted by atomic mass is 10.0. The molecule has 0 fully saturated rings. The average molecular weight is 329 g/mol. The minimum Gasteiger partial charge on any atom is -0.497 e. The number of hydrogen-bond acceptors (Lipinski definition) is 3. The van der Waals surface area contributed by atoms with Crippen molar-refractivity contribution in [2.24, 2.45) is 0 Å². The number of fused-ring (bicyclic) bond motifs is 1. The highest BCUT2D eigenvalue weighted by Gasteiger charge is 2.16. The van der Waals surface area contributed by atoms with Crippen molar-refractivity contribution >= 4 is 39.1 Å². The zero-order chi connectivity index (χ0) is 16.6. The van der Waals surface area contributed by atoms with Gasteiger partial charge in [0.25, 0.3) is 5.17 Å². The first-order valence-corrected chi connectivity index (χ1v) is 7.26. The molecule has 3 aromatic rings. The molecule has 1 heterocycles. The van der Waals surface area contributed by atoms with Gasteiger partial charge in [-0.2, -0.15) is 0 Å². The second kappa shape index (κ2) is 5.78. The van der Waals surface area contributed by atoms with Crippen molar-refractivity contribution < 1.29 is 14.9 Å². The number of nitrogen functional groups attached to an aromatic ring is 1. The zero-order valence-corrected chi connectivity index (χ0v) is 13.1. The number of aromatic amines is 1. The molecule has 0 atom stereocenters. The second-order valence-corrected chi connectivity index (χ2v) is 5.52. The van der Waals surface area contributed by atoms with E-state index in [-0.39, 0.29) is 11.0 Å². The number of H-pyrrole nitrogens is 1. The highest BCUT2D eigenvalue weighted by Crippen LogP contribution is 2.24. The van der Waals surface area contributed by atoms with Crippen LogP contribution in [-0.2, 0) is 0 Å². The summed E-state index contributed by atoms with van der Waals surface area (Å²) in [5.41, 5.74) is 8.46. The van der Waals surface area contributed by atoms with E-state index < -0.39 is 0 Å². The highest BCUT2D eigenvalue weighted by atomic mass is 35.5. The first-order chi connectivity index (χ1) is 11.0. The summed E-state index contributed by atoms with van der Waals surface area (Å²) >= 11 is 5.81. The fourth-order valence-electron chi connectivity index (χ4n) is 2.42. The summed E-state index contributed by atoms with van der Waals surface area (Å²) in [6.07, 6.45) is 0. The maximum Gasteiger partial charge on any atom is 0.275 e. The summed E-state index contributed by atoms with van der Waals surface area (Å²) in [4.78, 5) is 15.8. The molecule has 116 valence electrons. The lowest BCUT2D eigenvalue weighted by Crippen LogP contribution is -2.37. The number of anilines is 1. The number of ether oxygens (including phenoxy) is 1. The summed E-state index contributed by atoms with van der Waals surface area (Å²) < 4.78 is 5.19. The van der Waals surface area contributed by atoms with Crippen molar-refractivity contribution in [3.63, 3.8) is 0 Å². The predicted molar refractivity (Wildman–Crippen MR) is 91.0 cm³/mol. The molecule has 23 heavy (non-hydrogen) atoms. The van der Waals surface area contributed by atoms with E-state index in [0.717, 1.165) is 16.7 Å². The molecule has 0 radical (unpaired) electrons. The van der Waals surface area contributed by atoms with E-state index >= 15 is 0 Å². The fraction of sp³-hybridized carbons (Fsp3) is 0.0588. The largest absolute Gasteiger partial charge is 0.497 e. The molecule has 5 nitrogen and oxygen atoms in total. The Labute approximate surface area is 137 Å². The molecule has 0 aliphatic rings. The Morgan fingerprint density at radius 2 is 2.00 bits per heavy atom. The van der Waals surface area contributed by atoms with Gasteiger partial charge in [-0.3, -0.25) is 4.79 Å². The normalized spacial score (nSPS) is 10.7. The molecular weight excluding hydrogens is 314 g/mol. The van der Waals surface area contributed by atoms with Crippen LogP contribution in [0.5, 0.6) is 5.75 Å². The standard InChI is InChI=1S/C17H14ClN3O2/c1-23-11-3-5-14-10(6-11)8-15(21-14)16(22)9-2-4-13(19)12(7-9)17(18)20/h2-8,20-21H,19H2,1H3/p+1. The van der Waals surface area contributed by atoms with Gasteiger partial charge >= 0.3 is 0 Å². The van der Waals surface area contributed by atoms with Crippen molar-refractivity contribution in [1.29, 1.82) is 0 Å². The highest BCUT2D eigenvalue weighted by molar-refractivity contribution is 6.68. The Balaban J connectivity index is 2.03. The van der Waals surface area contributed by atoms with E-state index in [0.29, 0.717) is 22.5 Å². The van der Waals surface area contributed by atoms with Gasteiger partial charge in [-0.05, 0) is 54.1 Å². The Hall–Kier alpha value is -2.79. The molecule has 6 heteroatoms. The Morgan fingerprint density at radius 3 is 2.70 bits per heavy atom. The van der Waals surface area contributed by atoms with Gasteiger partial charge in [0.15, 0.2) is 0 Å². The maximum atomic E-state index is 12.7. The van der Waals surface area contributed by atoms with E-state index in [2.05, 4.69) is 4.98 Å². The fourth-order valence-corrected chi connectivity index (χ4v) is 2.58. The lowest BCUT2D eigenvalue weighted by Gasteiger charge is -2.03. The SMILES string of the molecule is COc1ccc2[nH]c(C(=O)c3ccc(N)c(C(=[NH2+])Cl)c3)cc2c1. The maximum absolute atomic E-state index is 12.7. The van der Waals surface area contributed by atoms with Crippen LogP contribution in [0, 0.1) is 0 Å². The van der Waals surface area contributed by atoms with Crippen LogP contribution >= 0.6 is 11.6 Å². The van der Waals surface area contributed by atoms with E-state index in [1.54, 1.807) is 31.4 Å². The van der Waals surface area contributed by atoms with Gasteiger partial charge in [0.1, 0.15) is 5.75 Å². The van der Waals surface area contributed by atoms with Crippen molar-refractivity contribution in [2.45, 2.75) is 0 Å². The molecule has 0 bridgehead atoms. The number of ketones is 1. The van der Waals surface area contributed by atoms with Crippen molar-refractivity contribution in [3.8, 4) is 5.75 Å². The molecule has 0 aliphatic carbocycles. The molecular formula is C17H15ClN3O2+. The minimum atomic E-state index is -0.167. The molecule has 0 saturated carbocycles. The first kappa shape index (κ1) is 15.1. The van der Waals surface area contributed by atoms with Crippen LogP contribution in [0.2, 0.25) is 0 Å². The molecule has 1 aromatic heterocycles. The number of halogens is 1. The summed E-state index contributed by atoms with van der Waals surface area (Å²) in [7, 11) is 1.60. The molecule has 2 aromatic carbocycles. The van der Waals surface area contributed by atoms with Crippen LogP contribution in [0.25, 0.3) is 10.9 Å². The van der Waals surface area contributed by atoms with E-state index in [1.165, 1.54) is 0 Å². The lowest BCUT2D eigenvalue weighted by molar-refractivity contribution is -0.108. The zero-order valence-electron chi connectivity index (χ0n) is 12.4. The van der Waals surface area contributed by atoms with Gasteiger partial charge in [-0.1, -0.05) is 0 Å². The number of carbonyl (C=O) groups excluding carboxylic acids is 1. The molecule has 0 aliphatic heterocycles. The molecule has 5 N–H and O–H groups in total. The molecule has 3 rings (SSSR count). The Morgan fingerprint density at radius 1 is 1.22 bits per heavy atom. The third-order valence-electron chi connectivity index (χ3n) is 3.65. The summed E-state index contributed by atoms with van der Waals surface area (Å²) in [5, 5.41) is 6.53. The smallest absolute Gasteiger partial charge is 0.275 e. The Bertz CT molecular complexity index is 931. The summed E-state index contributed by atoms with van der Waals surface area (Å²) in [5.74, 6) is 0.564. The predicted octanol–water partition coefficient (Wildman–Crippen LogP) is 1.73. The third kappa shape index (κ3) is 2.78. The third-order valence-corrected chi connectivity index (χ3v) is 3.85. The van der Waals surface area contributed by atoms with Gasteiger partial charge in [0.2, 0.25) is 5.78 Å². The van der Waals surface area contributed by atoms with E-state index in [4.69, 9.17) is 27.5 Å². The van der Waals surface area contributed by atoms with Crippen LogP contribution in [0.1, 0.15) is 21.6 Å². The average Bonchev–Trinajstić information content (AvgIpc) is 2.97. The number of benzene rings is 2. The van der Waals surface area contributed by atoms with Crippen molar-refractivity contribution in [3.05, 3.63) is 59.3 Å². The summed E-state index contributed by atoms with van der Waals surface area (Å²) in [6.45, 7) is 0. The van der Waals surface area contributed by atoms with E-state index in [1.807, 2.05) is 18.2 Å². The van der Waals surface area contributed by atoms with Crippen molar-refractivity contribution in [2.75, 3.05) is 12.8 Å². The number of nitrogens with one attached hydrogen (secondary N) is 1. The number of aromatic nitrogens is 1. The topological polar surface area (TPSA) is 93.7 Å². The van der Waals surface area contributed by atoms with Crippen LogP contribution in [0.15, 0.2) is 42.5 Å². The number of nitrogens with two attached hydrogens (primary N) is 2. The Kier molecular flexibility index (Phi) is 3.80. The molecule has 0 amide bonds. The van der Waals surface area contributed by atoms with Gasteiger partial charge in [0.05, 0.1) is 18.4 Å². The molecule has 0 unspecified atom stereocenters. The quantitative estimate of drug-likeness (QED) is 0.387. The molecule has 0 spiro atoms. The number of rotatable bonds is 4. The van der Waals surface area contributed by atoms with Crippen LogP contribution in [0.3, 0.4) is 0 Å².